The van der Waals surface area contributed by atoms with Crippen LogP contribution in [0.25, 0.3) is 0 Å². The maximum absolute atomic E-state index is 4.83. The van der Waals surface area contributed by atoms with E-state index < -0.39 is 0 Å². The van der Waals surface area contributed by atoms with Crippen molar-refractivity contribution < 1.29 is 0 Å². The number of aryl methyl sites for hydroxylation is 1. The van der Waals surface area contributed by atoms with Crippen molar-refractivity contribution in [1.29, 1.82) is 0 Å². The van der Waals surface area contributed by atoms with Gasteiger partial charge in [-0.1, -0.05) is 50.6 Å². The number of nitrogens with zero attached hydrogens (tertiary/aromatic N) is 4. The Morgan fingerprint density at radius 3 is 2.55 bits per heavy atom. The first-order chi connectivity index (χ1) is 14.2. The van der Waals surface area contributed by atoms with Crippen LogP contribution in [0.5, 0.6) is 0 Å². The summed E-state index contributed by atoms with van der Waals surface area (Å²) in [5.41, 5.74) is 1.49. The van der Waals surface area contributed by atoms with Gasteiger partial charge in [0.25, 0.3) is 0 Å². The molecule has 1 aromatic carbocycles. The summed E-state index contributed by atoms with van der Waals surface area (Å²) >= 11 is 0. The van der Waals surface area contributed by atoms with Crippen LogP contribution in [-0.2, 0) is 24.9 Å². The van der Waals surface area contributed by atoms with E-state index in [-0.39, 0.29) is 5.41 Å². The fourth-order valence-corrected chi connectivity index (χ4v) is 4.21. The summed E-state index contributed by atoms with van der Waals surface area (Å²) in [5, 5.41) is 15.8. The van der Waals surface area contributed by atoms with E-state index in [4.69, 9.17) is 4.99 Å². The third-order valence-electron chi connectivity index (χ3n) is 6.24. The summed E-state index contributed by atoms with van der Waals surface area (Å²) < 4.78 is 2.27. The minimum Gasteiger partial charge on any atom is -0.357 e. The first-order valence-electron chi connectivity index (χ1n) is 11.2. The zero-order valence-electron chi connectivity index (χ0n) is 18.2. The molecular weight excluding hydrogens is 360 g/mol. The number of aliphatic imine (C=N–C) groups is 1. The van der Waals surface area contributed by atoms with Crippen LogP contribution in [0.2, 0.25) is 0 Å². The Bertz CT molecular complexity index is 776. The molecule has 29 heavy (non-hydrogen) atoms. The number of fused-ring (bicyclic) bond motifs is 1. The van der Waals surface area contributed by atoms with Gasteiger partial charge in [-0.25, -0.2) is 4.99 Å². The Hall–Kier alpha value is -2.37. The van der Waals surface area contributed by atoms with Crippen molar-refractivity contribution in [2.45, 2.75) is 77.8 Å². The second-order valence-electron chi connectivity index (χ2n) is 7.90. The van der Waals surface area contributed by atoms with E-state index >= 15 is 0 Å². The predicted molar refractivity (Wildman–Crippen MR) is 119 cm³/mol. The lowest BCUT2D eigenvalue weighted by atomic mass is 9.76. The first-order valence-corrected chi connectivity index (χ1v) is 11.2. The summed E-state index contributed by atoms with van der Waals surface area (Å²) in [7, 11) is 0. The van der Waals surface area contributed by atoms with Crippen LogP contribution in [0, 0.1) is 0 Å². The quantitative estimate of drug-likeness (QED) is 0.526. The number of hydrogen-bond acceptors (Lipinski definition) is 3. The molecule has 0 amide bonds. The van der Waals surface area contributed by atoms with E-state index in [1.807, 2.05) is 0 Å². The summed E-state index contributed by atoms with van der Waals surface area (Å²) in [6, 6.07) is 10.8. The zero-order chi connectivity index (χ0) is 20.5. The van der Waals surface area contributed by atoms with Crippen molar-refractivity contribution in [3.05, 3.63) is 47.5 Å². The molecule has 158 valence electrons. The van der Waals surface area contributed by atoms with Gasteiger partial charge >= 0.3 is 0 Å². The fourth-order valence-electron chi connectivity index (χ4n) is 4.21. The molecule has 1 aromatic heterocycles. The molecule has 0 unspecified atom stereocenters. The molecule has 1 aliphatic rings. The highest BCUT2D eigenvalue weighted by molar-refractivity contribution is 5.79. The average molecular weight is 397 g/mol. The second-order valence-corrected chi connectivity index (χ2v) is 7.90. The molecule has 2 N–H and O–H groups in total. The van der Waals surface area contributed by atoms with Crippen LogP contribution >= 0.6 is 0 Å². The number of rotatable bonds is 8. The monoisotopic (exact) mass is 396 g/mol. The van der Waals surface area contributed by atoms with Crippen molar-refractivity contribution >= 4 is 5.96 Å². The molecule has 0 saturated heterocycles. The van der Waals surface area contributed by atoms with Crippen LogP contribution in [-0.4, -0.2) is 33.8 Å². The summed E-state index contributed by atoms with van der Waals surface area (Å²) in [6.07, 6.45) is 6.87. The van der Waals surface area contributed by atoms with E-state index in [1.54, 1.807) is 0 Å². The average Bonchev–Trinajstić information content (AvgIpc) is 2.99. The molecule has 0 saturated carbocycles. The summed E-state index contributed by atoms with van der Waals surface area (Å²) in [6.45, 7) is 9.90. The molecule has 6 heteroatoms. The van der Waals surface area contributed by atoms with Gasteiger partial charge in [0.1, 0.15) is 12.4 Å². The fraction of sp³-hybridized carbons (Fsp3) is 0.609. The van der Waals surface area contributed by atoms with Crippen molar-refractivity contribution in [2.24, 2.45) is 4.99 Å². The number of guanidine groups is 1. The first kappa shape index (κ1) is 21.3. The topological polar surface area (TPSA) is 67.1 Å². The highest BCUT2D eigenvalue weighted by atomic mass is 15.3. The molecule has 3 rings (SSSR count). The van der Waals surface area contributed by atoms with E-state index in [2.05, 4.69) is 76.5 Å². The van der Waals surface area contributed by atoms with Gasteiger partial charge in [-0.2, -0.15) is 0 Å². The number of aromatic nitrogens is 3. The Morgan fingerprint density at radius 1 is 1.03 bits per heavy atom. The predicted octanol–water partition coefficient (Wildman–Crippen LogP) is 3.82. The highest BCUT2D eigenvalue weighted by Gasteiger charge is 2.28. The molecule has 2 aromatic rings. The molecular formula is C23H36N6. The van der Waals surface area contributed by atoms with E-state index in [0.717, 1.165) is 56.5 Å². The molecule has 0 radical (unpaired) electrons. The molecule has 0 bridgehead atoms. The molecule has 0 aliphatic carbocycles. The lowest BCUT2D eigenvalue weighted by Crippen LogP contribution is -2.45. The SMILES string of the molecule is CCNC(=NCc1nnc2n1CCCCC2)NCC(CC)(CC)c1ccccc1. The van der Waals surface area contributed by atoms with Crippen LogP contribution < -0.4 is 10.6 Å². The van der Waals surface area contributed by atoms with E-state index in [1.165, 1.54) is 24.8 Å². The standard InChI is InChI=1S/C23H36N6/c1-4-23(5-2,19-13-9-7-10-14-19)18-26-22(24-6-3)25-17-21-28-27-20-15-11-8-12-16-29(20)21/h7,9-10,13-14H,4-6,8,11-12,15-18H2,1-3H3,(H2,24,25,26). The minimum atomic E-state index is 0.101. The van der Waals surface area contributed by atoms with Crippen LogP contribution in [0.15, 0.2) is 35.3 Å². The third kappa shape index (κ3) is 5.17. The third-order valence-corrected chi connectivity index (χ3v) is 6.24. The van der Waals surface area contributed by atoms with Gasteiger partial charge < -0.3 is 15.2 Å². The number of hydrogen-bond donors (Lipinski definition) is 2. The van der Waals surface area contributed by atoms with Crippen LogP contribution in [0.4, 0.5) is 0 Å². The maximum Gasteiger partial charge on any atom is 0.191 e. The summed E-state index contributed by atoms with van der Waals surface area (Å²) in [5.74, 6) is 2.94. The molecule has 6 nitrogen and oxygen atoms in total. The van der Waals surface area contributed by atoms with Gasteiger partial charge in [0.2, 0.25) is 0 Å². The maximum atomic E-state index is 4.83. The largest absolute Gasteiger partial charge is 0.357 e. The molecule has 0 spiro atoms. The molecule has 2 heterocycles. The van der Waals surface area contributed by atoms with Gasteiger partial charge in [0, 0.05) is 31.5 Å². The Kier molecular flexibility index (Phi) is 7.67. The minimum absolute atomic E-state index is 0.101. The van der Waals surface area contributed by atoms with E-state index in [9.17, 15) is 0 Å². The van der Waals surface area contributed by atoms with Crippen molar-refractivity contribution in [2.75, 3.05) is 13.1 Å². The second kappa shape index (κ2) is 10.4. The smallest absolute Gasteiger partial charge is 0.191 e. The Labute approximate surface area is 175 Å². The lowest BCUT2D eigenvalue weighted by molar-refractivity contribution is 0.389. The van der Waals surface area contributed by atoms with Gasteiger partial charge in [0.05, 0.1) is 0 Å². The molecule has 0 fully saturated rings. The zero-order valence-corrected chi connectivity index (χ0v) is 18.2. The lowest BCUT2D eigenvalue weighted by Gasteiger charge is -2.33. The number of nitrogens with one attached hydrogen (secondary N) is 2. The Balaban J connectivity index is 1.72. The van der Waals surface area contributed by atoms with Crippen molar-refractivity contribution in [1.82, 2.24) is 25.4 Å². The highest BCUT2D eigenvalue weighted by Crippen LogP contribution is 2.30. The molecule has 0 atom stereocenters. The van der Waals surface area contributed by atoms with Crippen LogP contribution in [0.3, 0.4) is 0 Å². The van der Waals surface area contributed by atoms with Gasteiger partial charge in [-0.15, -0.1) is 10.2 Å². The van der Waals surface area contributed by atoms with Crippen molar-refractivity contribution in [3.8, 4) is 0 Å². The van der Waals surface area contributed by atoms with Crippen LogP contribution in [0.1, 0.15) is 70.1 Å². The Morgan fingerprint density at radius 2 is 1.83 bits per heavy atom. The van der Waals surface area contributed by atoms with Crippen molar-refractivity contribution in [3.63, 3.8) is 0 Å². The number of benzene rings is 1. The van der Waals surface area contributed by atoms with Gasteiger partial charge in [-0.3, -0.25) is 0 Å². The van der Waals surface area contributed by atoms with E-state index in [0.29, 0.717) is 6.54 Å². The normalized spacial score (nSPS) is 14.9. The van der Waals surface area contributed by atoms with Gasteiger partial charge in [-0.05, 0) is 38.2 Å². The van der Waals surface area contributed by atoms with Gasteiger partial charge in [0.15, 0.2) is 11.8 Å². The molecule has 1 aliphatic heterocycles. The summed E-state index contributed by atoms with van der Waals surface area (Å²) in [4.78, 5) is 4.83.